The zero-order valence-corrected chi connectivity index (χ0v) is 12.7. The Morgan fingerprint density at radius 1 is 1.30 bits per heavy atom. The van der Waals surface area contributed by atoms with Crippen molar-refractivity contribution in [2.75, 3.05) is 21.2 Å². The van der Waals surface area contributed by atoms with Crippen LogP contribution in [0.2, 0.25) is 0 Å². The Balaban J connectivity index is 1.80. The van der Waals surface area contributed by atoms with Gasteiger partial charge in [0.25, 0.3) is 0 Å². The van der Waals surface area contributed by atoms with Crippen molar-refractivity contribution in [1.29, 1.82) is 0 Å². The van der Waals surface area contributed by atoms with Crippen molar-refractivity contribution in [3.05, 3.63) is 24.0 Å². The van der Waals surface area contributed by atoms with Gasteiger partial charge < -0.3 is 15.0 Å². The normalized spacial score (nSPS) is 31.2. The van der Waals surface area contributed by atoms with Crippen molar-refractivity contribution in [2.24, 2.45) is 5.92 Å². The van der Waals surface area contributed by atoms with E-state index < -0.39 is 0 Å². The lowest BCUT2D eigenvalue weighted by molar-refractivity contribution is 0.114. The Hall–Kier alpha value is -1.13. The molecule has 3 heterocycles. The molecule has 2 aliphatic rings. The second-order valence-corrected chi connectivity index (χ2v) is 6.21. The highest BCUT2D eigenvalue weighted by molar-refractivity contribution is 5.26. The Labute approximate surface area is 121 Å². The van der Waals surface area contributed by atoms with Crippen molar-refractivity contribution in [3.63, 3.8) is 0 Å². The number of hydrogen-bond acceptors (Lipinski definition) is 4. The largest absolute Gasteiger partial charge is 0.495 e. The van der Waals surface area contributed by atoms with Crippen LogP contribution in [-0.2, 0) is 0 Å². The standard InChI is InChI=1S/C16H25N3O/c1-17-16(12-8-15(20-3)10-18-9-12)11-6-13-4-5-14(7-11)19(13)2/h8-11,13-14,16-17H,4-7H2,1-3H3. The predicted molar refractivity (Wildman–Crippen MR) is 79.9 cm³/mol. The summed E-state index contributed by atoms with van der Waals surface area (Å²) >= 11 is 0. The molecule has 0 aromatic carbocycles. The highest BCUT2D eigenvalue weighted by atomic mass is 16.5. The topological polar surface area (TPSA) is 37.4 Å². The van der Waals surface area contributed by atoms with Crippen LogP contribution < -0.4 is 10.1 Å². The molecular formula is C16H25N3O. The van der Waals surface area contributed by atoms with Gasteiger partial charge >= 0.3 is 0 Å². The van der Waals surface area contributed by atoms with Crippen LogP contribution in [0.3, 0.4) is 0 Å². The highest BCUT2D eigenvalue weighted by Gasteiger charge is 2.41. The molecule has 2 aliphatic heterocycles. The van der Waals surface area contributed by atoms with Gasteiger partial charge in [0, 0.05) is 24.3 Å². The zero-order chi connectivity index (χ0) is 14.1. The van der Waals surface area contributed by atoms with Crippen LogP contribution in [0, 0.1) is 5.92 Å². The maximum Gasteiger partial charge on any atom is 0.137 e. The molecule has 2 saturated heterocycles. The zero-order valence-electron chi connectivity index (χ0n) is 12.7. The summed E-state index contributed by atoms with van der Waals surface area (Å²) in [5.74, 6) is 1.54. The minimum atomic E-state index is 0.384. The number of piperidine rings is 1. The average Bonchev–Trinajstić information content (AvgIpc) is 2.70. The van der Waals surface area contributed by atoms with Crippen molar-refractivity contribution < 1.29 is 4.74 Å². The average molecular weight is 275 g/mol. The molecule has 3 unspecified atom stereocenters. The third kappa shape index (κ3) is 2.42. The van der Waals surface area contributed by atoms with Gasteiger partial charge in [-0.15, -0.1) is 0 Å². The molecule has 1 N–H and O–H groups in total. The lowest BCUT2D eigenvalue weighted by Crippen LogP contribution is -2.43. The van der Waals surface area contributed by atoms with E-state index in [-0.39, 0.29) is 0 Å². The number of nitrogens with one attached hydrogen (secondary N) is 1. The van der Waals surface area contributed by atoms with E-state index in [1.807, 2.05) is 6.20 Å². The van der Waals surface area contributed by atoms with E-state index in [1.165, 1.54) is 31.2 Å². The number of nitrogens with zero attached hydrogens (tertiary/aromatic N) is 2. The SMILES string of the molecule is CNC(c1cncc(OC)c1)C1CC2CCC(C1)N2C. The highest BCUT2D eigenvalue weighted by Crippen LogP contribution is 2.42. The molecule has 4 heteroatoms. The monoisotopic (exact) mass is 275 g/mol. The molecule has 0 radical (unpaired) electrons. The lowest BCUT2D eigenvalue weighted by atomic mass is 9.82. The van der Waals surface area contributed by atoms with Crippen molar-refractivity contribution in [2.45, 2.75) is 43.8 Å². The Morgan fingerprint density at radius 3 is 2.60 bits per heavy atom. The van der Waals surface area contributed by atoms with Gasteiger partial charge in [-0.1, -0.05) is 0 Å². The number of hydrogen-bond donors (Lipinski definition) is 1. The van der Waals surface area contributed by atoms with Crippen LogP contribution in [0.15, 0.2) is 18.5 Å². The molecule has 3 rings (SSSR count). The molecule has 4 nitrogen and oxygen atoms in total. The van der Waals surface area contributed by atoms with Gasteiger partial charge in [0.2, 0.25) is 0 Å². The van der Waals surface area contributed by atoms with Gasteiger partial charge in [-0.25, -0.2) is 0 Å². The van der Waals surface area contributed by atoms with Crippen LogP contribution in [0.4, 0.5) is 0 Å². The van der Waals surface area contributed by atoms with Crippen LogP contribution in [0.1, 0.15) is 37.3 Å². The summed E-state index contributed by atoms with van der Waals surface area (Å²) in [5.41, 5.74) is 1.25. The summed E-state index contributed by atoms with van der Waals surface area (Å²) in [6, 6.07) is 4.05. The maximum absolute atomic E-state index is 5.31. The van der Waals surface area contributed by atoms with Crippen molar-refractivity contribution >= 4 is 0 Å². The number of fused-ring (bicyclic) bond motifs is 2. The Bertz CT molecular complexity index is 451. The second kappa shape index (κ2) is 5.70. The first-order valence-corrected chi connectivity index (χ1v) is 7.61. The first-order chi connectivity index (χ1) is 9.72. The molecule has 0 aliphatic carbocycles. The predicted octanol–water partition coefficient (Wildman–Crippen LogP) is 2.22. The van der Waals surface area contributed by atoms with Crippen LogP contribution in [0.5, 0.6) is 5.75 Å². The molecule has 1 aromatic heterocycles. The molecule has 20 heavy (non-hydrogen) atoms. The Kier molecular flexibility index (Phi) is 3.94. The van der Waals surface area contributed by atoms with E-state index in [0.717, 1.165) is 17.8 Å². The van der Waals surface area contributed by atoms with Crippen molar-refractivity contribution in [1.82, 2.24) is 15.2 Å². The minimum absolute atomic E-state index is 0.384. The maximum atomic E-state index is 5.31. The Morgan fingerprint density at radius 2 is 2.00 bits per heavy atom. The summed E-state index contributed by atoms with van der Waals surface area (Å²) in [7, 11) is 6.05. The quantitative estimate of drug-likeness (QED) is 0.914. The lowest BCUT2D eigenvalue weighted by Gasteiger charge is -2.39. The fraction of sp³-hybridized carbons (Fsp3) is 0.688. The smallest absolute Gasteiger partial charge is 0.137 e. The first-order valence-electron chi connectivity index (χ1n) is 7.61. The van der Waals surface area contributed by atoms with Gasteiger partial charge in [0.1, 0.15) is 5.75 Å². The van der Waals surface area contributed by atoms with E-state index in [2.05, 4.69) is 35.4 Å². The summed E-state index contributed by atoms with van der Waals surface area (Å²) < 4.78 is 5.31. The molecule has 110 valence electrons. The van der Waals surface area contributed by atoms with E-state index >= 15 is 0 Å². The van der Waals surface area contributed by atoms with Crippen molar-refractivity contribution in [3.8, 4) is 5.75 Å². The van der Waals surface area contributed by atoms with Gasteiger partial charge in [0.05, 0.1) is 13.3 Å². The second-order valence-electron chi connectivity index (χ2n) is 6.21. The van der Waals surface area contributed by atoms with E-state index in [9.17, 15) is 0 Å². The minimum Gasteiger partial charge on any atom is -0.495 e. The van der Waals surface area contributed by atoms with E-state index in [1.54, 1.807) is 13.3 Å². The van der Waals surface area contributed by atoms with Gasteiger partial charge in [-0.05, 0) is 57.3 Å². The van der Waals surface area contributed by atoms with E-state index in [4.69, 9.17) is 4.74 Å². The molecule has 1 aromatic rings. The number of ether oxygens (including phenoxy) is 1. The first kappa shape index (κ1) is 13.8. The summed E-state index contributed by atoms with van der Waals surface area (Å²) in [4.78, 5) is 6.90. The number of methoxy groups -OCH3 is 1. The van der Waals surface area contributed by atoms with Crippen LogP contribution >= 0.6 is 0 Å². The molecule has 2 bridgehead atoms. The van der Waals surface area contributed by atoms with Gasteiger partial charge in [-0.2, -0.15) is 0 Å². The molecule has 3 atom stereocenters. The summed E-state index contributed by atoms with van der Waals surface area (Å²) in [6.07, 6.45) is 9.05. The number of pyridine rings is 1. The van der Waals surface area contributed by atoms with Crippen LogP contribution in [0.25, 0.3) is 0 Å². The fourth-order valence-electron chi connectivity index (χ4n) is 4.12. The van der Waals surface area contributed by atoms with Gasteiger partial charge in [-0.3, -0.25) is 4.98 Å². The molecule has 2 fully saturated rings. The van der Waals surface area contributed by atoms with Crippen LogP contribution in [-0.4, -0.2) is 43.2 Å². The number of rotatable bonds is 4. The fourth-order valence-corrected chi connectivity index (χ4v) is 4.12. The third-order valence-electron chi connectivity index (χ3n) is 5.25. The number of aromatic nitrogens is 1. The summed E-state index contributed by atoms with van der Waals surface area (Å²) in [5, 5.41) is 3.51. The van der Waals surface area contributed by atoms with E-state index in [0.29, 0.717) is 12.0 Å². The molecular weight excluding hydrogens is 250 g/mol. The molecule has 0 spiro atoms. The molecule has 0 saturated carbocycles. The summed E-state index contributed by atoms with van der Waals surface area (Å²) in [6.45, 7) is 0. The third-order valence-corrected chi connectivity index (χ3v) is 5.25. The molecule has 0 amide bonds. The van der Waals surface area contributed by atoms with Gasteiger partial charge in [0.15, 0.2) is 0 Å².